The molecule has 2 heterocycles. The van der Waals surface area contributed by atoms with Gasteiger partial charge in [-0.3, -0.25) is 4.79 Å². The SMILES string of the molecule is Cc1csc(C(=O)Nc2c(C)csc2C(=O)O)c1Cl. The zero-order valence-corrected chi connectivity index (χ0v) is 12.5. The number of aryl methyl sites for hydroxylation is 2. The molecule has 0 unspecified atom stereocenters. The lowest BCUT2D eigenvalue weighted by atomic mass is 10.2. The molecule has 0 atom stereocenters. The van der Waals surface area contributed by atoms with Gasteiger partial charge in [-0.2, -0.15) is 0 Å². The fourth-order valence-corrected chi connectivity index (χ4v) is 3.53. The maximum atomic E-state index is 12.1. The number of carboxylic acid groups (broad SMARTS) is 1. The second kappa shape index (κ2) is 5.32. The van der Waals surface area contributed by atoms with Gasteiger partial charge < -0.3 is 10.4 Å². The number of rotatable bonds is 3. The minimum atomic E-state index is -1.05. The lowest BCUT2D eigenvalue weighted by molar-refractivity contribution is 0.0703. The molecule has 0 spiro atoms. The Kier molecular flexibility index (Phi) is 3.93. The van der Waals surface area contributed by atoms with Crippen LogP contribution in [0.1, 0.15) is 30.5 Å². The molecule has 0 saturated heterocycles. The van der Waals surface area contributed by atoms with Gasteiger partial charge in [-0.05, 0) is 35.7 Å². The summed E-state index contributed by atoms with van der Waals surface area (Å²) in [6, 6.07) is 0. The molecular formula is C12H10ClNO3S2. The molecule has 100 valence electrons. The summed E-state index contributed by atoms with van der Waals surface area (Å²) in [5.74, 6) is -1.44. The van der Waals surface area contributed by atoms with Crippen LogP contribution < -0.4 is 5.32 Å². The van der Waals surface area contributed by atoms with Crippen LogP contribution in [0.25, 0.3) is 0 Å². The van der Waals surface area contributed by atoms with Crippen molar-refractivity contribution in [2.75, 3.05) is 5.32 Å². The smallest absolute Gasteiger partial charge is 0.348 e. The van der Waals surface area contributed by atoms with E-state index in [0.29, 0.717) is 15.6 Å². The molecule has 0 aromatic carbocycles. The Hall–Kier alpha value is -1.37. The standard InChI is InChI=1S/C12H10ClNO3S2/c1-5-3-18-9(7(5)13)11(15)14-8-6(2)4-19-10(8)12(16)17/h3-4H,1-2H3,(H,14,15)(H,16,17). The number of nitrogens with one attached hydrogen (secondary N) is 1. The number of hydrogen-bond donors (Lipinski definition) is 2. The topological polar surface area (TPSA) is 66.4 Å². The molecule has 1 amide bonds. The van der Waals surface area contributed by atoms with Crippen LogP contribution in [0.5, 0.6) is 0 Å². The number of carbonyl (C=O) groups is 2. The maximum absolute atomic E-state index is 12.1. The average molecular weight is 316 g/mol. The van der Waals surface area contributed by atoms with Crippen molar-refractivity contribution in [2.24, 2.45) is 0 Å². The molecule has 0 bridgehead atoms. The van der Waals surface area contributed by atoms with E-state index in [9.17, 15) is 9.59 Å². The Bertz CT molecular complexity index is 660. The van der Waals surface area contributed by atoms with Crippen molar-refractivity contribution in [1.29, 1.82) is 0 Å². The molecule has 4 nitrogen and oxygen atoms in total. The molecular weight excluding hydrogens is 306 g/mol. The van der Waals surface area contributed by atoms with Gasteiger partial charge in [0.2, 0.25) is 0 Å². The van der Waals surface area contributed by atoms with E-state index in [4.69, 9.17) is 16.7 Å². The summed E-state index contributed by atoms with van der Waals surface area (Å²) in [7, 11) is 0. The van der Waals surface area contributed by atoms with Crippen molar-refractivity contribution in [3.05, 3.63) is 36.7 Å². The highest BCUT2D eigenvalue weighted by molar-refractivity contribution is 7.13. The molecule has 2 rings (SSSR count). The Labute approximate surface area is 122 Å². The number of amides is 1. The minimum Gasteiger partial charge on any atom is -0.477 e. The van der Waals surface area contributed by atoms with Crippen molar-refractivity contribution in [3.8, 4) is 0 Å². The first-order chi connectivity index (χ1) is 8.91. The first-order valence-corrected chi connectivity index (χ1v) is 7.42. The highest BCUT2D eigenvalue weighted by atomic mass is 35.5. The second-order valence-electron chi connectivity index (χ2n) is 3.94. The average Bonchev–Trinajstić information content (AvgIpc) is 2.85. The number of hydrogen-bond acceptors (Lipinski definition) is 4. The molecule has 19 heavy (non-hydrogen) atoms. The fraction of sp³-hybridized carbons (Fsp3) is 0.167. The quantitative estimate of drug-likeness (QED) is 0.898. The largest absolute Gasteiger partial charge is 0.477 e. The molecule has 0 radical (unpaired) electrons. The fourth-order valence-electron chi connectivity index (χ4n) is 1.51. The van der Waals surface area contributed by atoms with Crippen molar-refractivity contribution in [1.82, 2.24) is 0 Å². The van der Waals surface area contributed by atoms with Crippen LogP contribution in [0.15, 0.2) is 10.8 Å². The van der Waals surface area contributed by atoms with E-state index >= 15 is 0 Å². The monoisotopic (exact) mass is 315 g/mol. The van der Waals surface area contributed by atoms with Gasteiger partial charge in [-0.15, -0.1) is 22.7 Å². The summed E-state index contributed by atoms with van der Waals surface area (Å²) in [4.78, 5) is 23.7. The highest BCUT2D eigenvalue weighted by Crippen LogP contribution is 2.31. The van der Waals surface area contributed by atoms with Crippen LogP contribution in [0.2, 0.25) is 5.02 Å². The highest BCUT2D eigenvalue weighted by Gasteiger charge is 2.20. The normalized spacial score (nSPS) is 10.5. The van der Waals surface area contributed by atoms with Gasteiger partial charge in [0.25, 0.3) is 5.91 Å². The Morgan fingerprint density at radius 2 is 1.74 bits per heavy atom. The molecule has 2 N–H and O–H groups in total. The number of anilines is 1. The summed E-state index contributed by atoms with van der Waals surface area (Å²) in [5, 5.41) is 15.6. The predicted octanol–water partition coefficient (Wildman–Crippen LogP) is 4.03. The molecule has 2 aromatic rings. The zero-order valence-electron chi connectivity index (χ0n) is 10.1. The van der Waals surface area contributed by atoms with Crippen LogP contribution >= 0.6 is 34.3 Å². The first kappa shape index (κ1) is 14.0. The molecule has 0 aliphatic heterocycles. The number of aromatic carboxylic acids is 1. The summed E-state index contributed by atoms with van der Waals surface area (Å²) < 4.78 is 0. The summed E-state index contributed by atoms with van der Waals surface area (Å²) >= 11 is 8.35. The molecule has 0 fully saturated rings. The Morgan fingerprint density at radius 1 is 1.16 bits per heavy atom. The first-order valence-electron chi connectivity index (χ1n) is 5.28. The van der Waals surface area contributed by atoms with Crippen LogP contribution in [0.3, 0.4) is 0 Å². The third kappa shape index (κ3) is 2.65. The number of carbonyl (C=O) groups excluding carboxylic acids is 1. The Balaban J connectivity index is 2.32. The van der Waals surface area contributed by atoms with E-state index < -0.39 is 5.97 Å². The molecule has 7 heteroatoms. The predicted molar refractivity (Wildman–Crippen MR) is 78.0 cm³/mol. The van der Waals surface area contributed by atoms with Crippen LogP contribution in [-0.2, 0) is 0 Å². The van der Waals surface area contributed by atoms with Gasteiger partial charge in [0.1, 0.15) is 9.75 Å². The van der Waals surface area contributed by atoms with Crippen molar-refractivity contribution >= 4 is 51.8 Å². The third-order valence-corrected chi connectivity index (χ3v) is 5.29. The van der Waals surface area contributed by atoms with Crippen molar-refractivity contribution < 1.29 is 14.7 Å². The maximum Gasteiger partial charge on any atom is 0.348 e. The van der Waals surface area contributed by atoms with E-state index in [0.717, 1.165) is 22.5 Å². The van der Waals surface area contributed by atoms with E-state index in [1.165, 1.54) is 11.3 Å². The van der Waals surface area contributed by atoms with Gasteiger partial charge in [0.05, 0.1) is 10.7 Å². The number of thiophene rings is 2. The lowest BCUT2D eigenvalue weighted by Gasteiger charge is -2.05. The number of carboxylic acids is 1. The number of halogens is 1. The van der Waals surface area contributed by atoms with Gasteiger partial charge in [-0.1, -0.05) is 11.6 Å². The van der Waals surface area contributed by atoms with E-state index in [2.05, 4.69) is 5.32 Å². The molecule has 0 saturated carbocycles. The summed E-state index contributed by atoms with van der Waals surface area (Å²) in [6.07, 6.45) is 0. The third-order valence-electron chi connectivity index (χ3n) is 2.51. The van der Waals surface area contributed by atoms with Gasteiger partial charge in [0, 0.05) is 0 Å². The van der Waals surface area contributed by atoms with E-state index in [1.54, 1.807) is 17.7 Å². The second-order valence-corrected chi connectivity index (χ2v) is 6.08. The van der Waals surface area contributed by atoms with Crippen molar-refractivity contribution in [3.63, 3.8) is 0 Å². The summed E-state index contributed by atoms with van der Waals surface area (Å²) in [6.45, 7) is 3.56. The lowest BCUT2D eigenvalue weighted by Crippen LogP contribution is -2.13. The van der Waals surface area contributed by atoms with E-state index in [-0.39, 0.29) is 10.8 Å². The molecule has 2 aromatic heterocycles. The van der Waals surface area contributed by atoms with Gasteiger partial charge in [0.15, 0.2) is 0 Å². The van der Waals surface area contributed by atoms with Crippen LogP contribution in [0.4, 0.5) is 5.69 Å². The Morgan fingerprint density at radius 3 is 2.26 bits per heavy atom. The molecule has 0 aliphatic rings. The zero-order chi connectivity index (χ0) is 14.2. The summed E-state index contributed by atoms with van der Waals surface area (Å²) in [5.41, 5.74) is 1.89. The van der Waals surface area contributed by atoms with Gasteiger partial charge in [-0.25, -0.2) is 4.79 Å². The minimum absolute atomic E-state index is 0.121. The van der Waals surface area contributed by atoms with Crippen LogP contribution in [0, 0.1) is 13.8 Å². The van der Waals surface area contributed by atoms with Crippen molar-refractivity contribution in [2.45, 2.75) is 13.8 Å². The van der Waals surface area contributed by atoms with Gasteiger partial charge >= 0.3 is 5.97 Å². The van der Waals surface area contributed by atoms with E-state index in [1.807, 2.05) is 6.92 Å². The van der Waals surface area contributed by atoms with Crippen LogP contribution in [-0.4, -0.2) is 17.0 Å². The molecule has 0 aliphatic carbocycles.